The minimum Gasteiger partial charge on any atom is -0.378 e. The van der Waals surface area contributed by atoms with Crippen molar-refractivity contribution in [1.82, 2.24) is 10.2 Å². The molecular weight excluding hydrogens is 344 g/mol. The van der Waals surface area contributed by atoms with Gasteiger partial charge in [-0.2, -0.15) is 12.6 Å². The number of carbonyl (C=O) groups excluding carboxylic acids is 1. The molecule has 0 aromatic carbocycles. The van der Waals surface area contributed by atoms with Crippen LogP contribution >= 0.6 is 12.6 Å². The number of hydrogen-bond donors (Lipinski definition) is 2. The Bertz CT molecular complexity index is 319. The zero-order valence-corrected chi connectivity index (χ0v) is 17.1. The van der Waals surface area contributed by atoms with E-state index in [9.17, 15) is 4.79 Å². The Kier molecular flexibility index (Phi) is 16.8. The normalized spacial score (nSPS) is 12.6. The molecule has 0 saturated heterocycles. The van der Waals surface area contributed by atoms with Crippen LogP contribution in [0.25, 0.3) is 0 Å². The van der Waals surface area contributed by atoms with Gasteiger partial charge in [0, 0.05) is 26.2 Å². The van der Waals surface area contributed by atoms with E-state index in [4.69, 9.17) is 18.9 Å². The molecule has 0 heterocycles. The molecule has 0 rings (SSSR count). The van der Waals surface area contributed by atoms with Crippen LogP contribution < -0.4 is 5.32 Å². The first kappa shape index (κ1) is 24.6. The second-order valence-electron chi connectivity index (χ2n) is 5.99. The third-order valence-electron chi connectivity index (χ3n) is 3.22. The molecule has 0 aromatic heterocycles. The van der Waals surface area contributed by atoms with Crippen molar-refractivity contribution in [3.63, 3.8) is 0 Å². The number of amides is 1. The van der Waals surface area contributed by atoms with Gasteiger partial charge in [0.15, 0.2) is 0 Å². The lowest BCUT2D eigenvalue weighted by Gasteiger charge is -2.18. The highest BCUT2D eigenvalue weighted by Crippen LogP contribution is 1.98. The fourth-order valence-electron chi connectivity index (χ4n) is 1.81. The SMILES string of the molecule is CC(C)NCCOCCOCCOCCOCCN(C)C(=O)C(C)S. The van der Waals surface area contributed by atoms with Crippen molar-refractivity contribution in [3.8, 4) is 0 Å². The van der Waals surface area contributed by atoms with Crippen LogP contribution in [0.4, 0.5) is 0 Å². The first-order valence-electron chi connectivity index (χ1n) is 8.92. The zero-order valence-electron chi connectivity index (χ0n) is 16.2. The summed E-state index contributed by atoms with van der Waals surface area (Å²) in [6.07, 6.45) is 0. The summed E-state index contributed by atoms with van der Waals surface area (Å²) in [6.45, 7) is 11.9. The summed E-state index contributed by atoms with van der Waals surface area (Å²) in [7, 11) is 1.75. The first-order valence-corrected chi connectivity index (χ1v) is 9.44. The van der Waals surface area contributed by atoms with Gasteiger partial charge in [-0.05, 0) is 6.92 Å². The number of ether oxygens (including phenoxy) is 4. The van der Waals surface area contributed by atoms with E-state index in [1.807, 2.05) is 0 Å². The fraction of sp³-hybridized carbons (Fsp3) is 0.941. The van der Waals surface area contributed by atoms with E-state index < -0.39 is 0 Å². The molecule has 1 atom stereocenters. The molecule has 7 nitrogen and oxygen atoms in total. The van der Waals surface area contributed by atoms with E-state index >= 15 is 0 Å². The molecule has 150 valence electrons. The molecule has 0 aliphatic heterocycles. The van der Waals surface area contributed by atoms with Crippen molar-refractivity contribution >= 4 is 18.5 Å². The van der Waals surface area contributed by atoms with Gasteiger partial charge < -0.3 is 29.2 Å². The predicted molar refractivity (Wildman–Crippen MR) is 102 cm³/mol. The molecule has 0 radical (unpaired) electrons. The molecule has 1 unspecified atom stereocenters. The Morgan fingerprint density at radius 3 is 1.76 bits per heavy atom. The summed E-state index contributed by atoms with van der Waals surface area (Å²) in [5.41, 5.74) is 0. The molecular formula is C17H36N2O5S. The van der Waals surface area contributed by atoms with Gasteiger partial charge >= 0.3 is 0 Å². The van der Waals surface area contributed by atoms with Crippen LogP contribution in [0, 0.1) is 0 Å². The Labute approximate surface area is 158 Å². The van der Waals surface area contributed by atoms with Crippen molar-refractivity contribution in [2.75, 3.05) is 73.0 Å². The Hall–Kier alpha value is -0.380. The smallest absolute Gasteiger partial charge is 0.234 e. The molecule has 8 heteroatoms. The maximum Gasteiger partial charge on any atom is 0.234 e. The van der Waals surface area contributed by atoms with Gasteiger partial charge in [0.05, 0.1) is 58.1 Å². The standard InChI is InChI=1S/C17H36N2O5S/c1-15(2)18-5-7-21-9-11-23-13-14-24-12-10-22-8-6-19(4)17(20)16(3)25/h15-16,18,25H,5-14H2,1-4H3. The highest BCUT2D eigenvalue weighted by atomic mass is 32.1. The van der Waals surface area contributed by atoms with Crippen molar-refractivity contribution in [2.45, 2.75) is 32.1 Å². The number of thiol groups is 1. The van der Waals surface area contributed by atoms with E-state index in [0.29, 0.717) is 65.4 Å². The largest absolute Gasteiger partial charge is 0.378 e. The van der Waals surface area contributed by atoms with Gasteiger partial charge in [-0.1, -0.05) is 13.8 Å². The van der Waals surface area contributed by atoms with E-state index in [1.165, 1.54) is 0 Å². The molecule has 1 amide bonds. The first-order chi connectivity index (χ1) is 11.9. The monoisotopic (exact) mass is 380 g/mol. The average Bonchev–Trinajstić information content (AvgIpc) is 2.56. The van der Waals surface area contributed by atoms with Crippen molar-refractivity contribution in [2.24, 2.45) is 0 Å². The van der Waals surface area contributed by atoms with Crippen molar-refractivity contribution in [1.29, 1.82) is 0 Å². The number of likely N-dealkylation sites (N-methyl/N-ethyl adjacent to an activating group) is 1. The van der Waals surface area contributed by atoms with Gasteiger partial charge in [0.1, 0.15) is 0 Å². The lowest BCUT2D eigenvalue weighted by atomic mass is 10.4. The molecule has 25 heavy (non-hydrogen) atoms. The second kappa shape index (κ2) is 17.1. The highest BCUT2D eigenvalue weighted by molar-refractivity contribution is 7.81. The summed E-state index contributed by atoms with van der Waals surface area (Å²) >= 11 is 4.11. The molecule has 0 bridgehead atoms. The highest BCUT2D eigenvalue weighted by Gasteiger charge is 2.12. The van der Waals surface area contributed by atoms with Crippen LogP contribution in [0.1, 0.15) is 20.8 Å². The van der Waals surface area contributed by atoms with Crippen LogP contribution in [0.15, 0.2) is 0 Å². The summed E-state index contributed by atoms with van der Waals surface area (Å²) in [6, 6.07) is 0.487. The minimum atomic E-state index is -0.282. The van der Waals surface area contributed by atoms with Crippen LogP contribution in [-0.4, -0.2) is 95.1 Å². The summed E-state index contributed by atoms with van der Waals surface area (Å²) in [5.74, 6) is 0.000460. The second-order valence-corrected chi connectivity index (χ2v) is 6.77. The van der Waals surface area contributed by atoms with Crippen molar-refractivity contribution in [3.05, 3.63) is 0 Å². The number of nitrogens with zero attached hydrogens (tertiary/aromatic N) is 1. The van der Waals surface area contributed by atoms with Crippen LogP contribution in [0.3, 0.4) is 0 Å². The summed E-state index contributed by atoms with van der Waals surface area (Å²) in [4.78, 5) is 13.2. The van der Waals surface area contributed by atoms with Gasteiger partial charge in [-0.3, -0.25) is 4.79 Å². The van der Waals surface area contributed by atoms with Crippen LogP contribution in [0.5, 0.6) is 0 Å². The number of hydrogen-bond acceptors (Lipinski definition) is 7. The van der Waals surface area contributed by atoms with E-state index in [1.54, 1.807) is 18.9 Å². The molecule has 1 N–H and O–H groups in total. The van der Waals surface area contributed by atoms with Crippen molar-refractivity contribution < 1.29 is 23.7 Å². The third-order valence-corrected chi connectivity index (χ3v) is 3.44. The zero-order chi connectivity index (χ0) is 18.9. The summed E-state index contributed by atoms with van der Waals surface area (Å²) in [5, 5.41) is 3.00. The van der Waals surface area contributed by atoms with Crippen LogP contribution in [0.2, 0.25) is 0 Å². The van der Waals surface area contributed by atoms with Crippen LogP contribution in [-0.2, 0) is 23.7 Å². The molecule has 0 saturated carbocycles. The van der Waals surface area contributed by atoms with Gasteiger partial charge in [-0.15, -0.1) is 0 Å². The quantitative estimate of drug-likeness (QED) is 0.288. The minimum absolute atomic E-state index is 0.000460. The molecule has 0 spiro atoms. The molecule has 0 fully saturated rings. The summed E-state index contributed by atoms with van der Waals surface area (Å²) < 4.78 is 21.7. The van der Waals surface area contributed by atoms with E-state index in [-0.39, 0.29) is 11.2 Å². The maximum absolute atomic E-state index is 11.6. The number of rotatable bonds is 17. The topological polar surface area (TPSA) is 69.3 Å². The average molecular weight is 381 g/mol. The van der Waals surface area contributed by atoms with E-state index in [2.05, 4.69) is 31.8 Å². The maximum atomic E-state index is 11.6. The molecule has 0 aromatic rings. The van der Waals surface area contributed by atoms with Gasteiger partial charge in [0.25, 0.3) is 0 Å². The number of nitrogens with one attached hydrogen (secondary N) is 1. The lowest BCUT2D eigenvalue weighted by Crippen LogP contribution is -2.34. The number of carbonyl (C=O) groups is 1. The van der Waals surface area contributed by atoms with E-state index in [0.717, 1.165) is 6.54 Å². The molecule has 0 aliphatic rings. The Morgan fingerprint density at radius 2 is 1.32 bits per heavy atom. The lowest BCUT2D eigenvalue weighted by molar-refractivity contribution is -0.129. The predicted octanol–water partition coefficient (Wildman–Crippen LogP) is 0.828. The van der Waals surface area contributed by atoms with Gasteiger partial charge in [0.2, 0.25) is 5.91 Å². The Morgan fingerprint density at radius 1 is 0.880 bits per heavy atom. The fourth-order valence-corrected chi connectivity index (χ4v) is 2.01. The third kappa shape index (κ3) is 16.8. The van der Waals surface area contributed by atoms with Gasteiger partial charge in [-0.25, -0.2) is 0 Å². The molecule has 0 aliphatic carbocycles. The Balaban J connectivity index is 3.18.